The third-order valence-corrected chi connectivity index (χ3v) is 20.3. The summed E-state index contributed by atoms with van der Waals surface area (Å²) in [6.07, 6.45) is 4.90. The Balaban J connectivity index is 1.51. The Kier molecular flexibility index (Phi) is 8.54. The first-order chi connectivity index (χ1) is 22.4. The zero-order valence-electron chi connectivity index (χ0n) is 29.9. The standard InChI is InChI=1S/C43H43.C2H7Si.Zr/c1-8-13-28-25-37-34(33-17-11-15-27-14-9-10-16-31(27)33)18-12-19-36(37)40(28)41-38-26-29-24-30(42(2,3)4)20-21-32(29)35(38)22-23-39(41)43(5,6)7;1-3-2;/h9-12,14-26,40H,8,13H2,1-7H3;3H,1-2H3;. The maximum absolute atomic E-state index is 2.63. The average Bonchev–Trinajstić information content (AvgIpc) is 3.54. The molecule has 0 bridgehead atoms. The summed E-state index contributed by atoms with van der Waals surface area (Å²) in [5.74, 6) is -0.423. The van der Waals surface area contributed by atoms with Gasteiger partial charge in [-0.25, -0.2) is 0 Å². The second kappa shape index (κ2) is 12.3. The van der Waals surface area contributed by atoms with E-state index in [4.69, 9.17) is 0 Å². The Labute approximate surface area is 295 Å². The van der Waals surface area contributed by atoms with Crippen molar-refractivity contribution in [2.75, 3.05) is 0 Å². The molecule has 5 aromatic rings. The number of fused-ring (bicyclic) bond motifs is 5. The number of allylic oxidation sites excluding steroid dienone is 1. The molecule has 2 heteroatoms. The van der Waals surface area contributed by atoms with Crippen molar-refractivity contribution in [1.82, 2.24) is 0 Å². The zero-order valence-corrected chi connectivity index (χ0v) is 33.5. The molecule has 0 N–H and O–H groups in total. The van der Waals surface area contributed by atoms with Crippen LogP contribution in [0.3, 0.4) is 0 Å². The van der Waals surface area contributed by atoms with Crippen molar-refractivity contribution in [3.05, 3.63) is 136 Å². The number of benzene rings is 5. The predicted molar refractivity (Wildman–Crippen MR) is 204 cm³/mol. The summed E-state index contributed by atoms with van der Waals surface area (Å²) in [6.45, 7) is 22.0. The first-order valence-electron chi connectivity index (χ1n) is 17.8. The summed E-state index contributed by atoms with van der Waals surface area (Å²) in [6, 6.07) is 35.4. The quantitative estimate of drug-likeness (QED) is 0.154. The molecule has 0 aromatic heterocycles. The molecule has 2 unspecified atom stereocenters. The zero-order chi connectivity index (χ0) is 33.2. The molecule has 2 aliphatic carbocycles. The summed E-state index contributed by atoms with van der Waals surface area (Å²) in [7, 11) is 0. The van der Waals surface area contributed by atoms with E-state index in [-0.39, 0.29) is 10.8 Å². The molecule has 0 aliphatic heterocycles. The van der Waals surface area contributed by atoms with Crippen LogP contribution in [0.5, 0.6) is 0 Å². The summed E-state index contributed by atoms with van der Waals surface area (Å²) >= 11 is -0.684. The van der Waals surface area contributed by atoms with Crippen molar-refractivity contribution in [2.45, 2.75) is 94.8 Å². The van der Waals surface area contributed by atoms with E-state index in [1.807, 2.05) is 0 Å². The number of hydrogen-bond acceptors (Lipinski definition) is 0. The van der Waals surface area contributed by atoms with Gasteiger partial charge >= 0.3 is 298 Å². The Morgan fingerprint density at radius 1 is 0.660 bits per heavy atom. The van der Waals surface area contributed by atoms with Gasteiger partial charge in [0.15, 0.2) is 0 Å². The monoisotopic (exact) mass is 708 g/mol. The summed E-state index contributed by atoms with van der Waals surface area (Å²) < 4.78 is 0.628. The van der Waals surface area contributed by atoms with Crippen LogP contribution in [0.2, 0.25) is 13.1 Å². The van der Waals surface area contributed by atoms with Crippen molar-refractivity contribution >= 4 is 22.8 Å². The minimum absolute atomic E-state index is 0.0495. The van der Waals surface area contributed by atoms with Crippen molar-refractivity contribution < 1.29 is 22.4 Å². The van der Waals surface area contributed by atoms with Crippen LogP contribution in [0.15, 0.2) is 96.6 Å². The molecular weight excluding hydrogens is 660 g/mol. The van der Waals surface area contributed by atoms with E-state index in [2.05, 4.69) is 159 Å². The van der Waals surface area contributed by atoms with Gasteiger partial charge in [0.05, 0.1) is 0 Å². The third-order valence-electron chi connectivity index (χ3n) is 10.5. The molecule has 0 saturated carbocycles. The van der Waals surface area contributed by atoms with Crippen molar-refractivity contribution in [2.24, 2.45) is 0 Å². The molecule has 2 aliphatic rings. The molecule has 5 aromatic carbocycles. The van der Waals surface area contributed by atoms with Gasteiger partial charge in [0.25, 0.3) is 0 Å². The molecule has 47 heavy (non-hydrogen) atoms. The molecule has 238 valence electrons. The van der Waals surface area contributed by atoms with Crippen LogP contribution in [0.25, 0.3) is 39.1 Å². The summed E-state index contributed by atoms with van der Waals surface area (Å²) in [5.41, 5.74) is 18.5. The normalized spacial score (nSPS) is 17.1. The number of hydrogen-bond donors (Lipinski definition) is 0. The molecule has 0 heterocycles. The van der Waals surface area contributed by atoms with Gasteiger partial charge in [-0.1, -0.05) is 0 Å². The van der Waals surface area contributed by atoms with Gasteiger partial charge in [0.2, 0.25) is 0 Å². The second-order valence-corrected chi connectivity index (χ2v) is 31.3. The Morgan fingerprint density at radius 3 is 2.09 bits per heavy atom. The number of rotatable bonds is 6. The van der Waals surface area contributed by atoms with E-state index in [0.29, 0.717) is 9.54 Å². The molecule has 0 spiro atoms. The van der Waals surface area contributed by atoms with E-state index < -0.39 is 28.3 Å². The van der Waals surface area contributed by atoms with E-state index in [1.54, 1.807) is 27.8 Å². The Morgan fingerprint density at radius 2 is 1.36 bits per heavy atom. The molecule has 0 fully saturated rings. The maximum atomic E-state index is 2.63. The van der Waals surface area contributed by atoms with E-state index >= 15 is 0 Å². The Hall–Kier alpha value is -2.80. The molecule has 7 rings (SSSR count). The molecule has 2 atom stereocenters. The van der Waals surface area contributed by atoms with Crippen LogP contribution >= 0.6 is 0 Å². The van der Waals surface area contributed by atoms with Crippen LogP contribution in [-0.4, -0.2) is 5.92 Å². The third kappa shape index (κ3) is 5.72. The molecular formula is C45H50SiZr. The van der Waals surface area contributed by atoms with Gasteiger partial charge in [0, 0.05) is 0 Å². The predicted octanol–water partition coefficient (Wildman–Crippen LogP) is 12.6. The van der Waals surface area contributed by atoms with Gasteiger partial charge in [-0.2, -0.15) is 0 Å². The fourth-order valence-corrected chi connectivity index (χ4v) is 18.2. The van der Waals surface area contributed by atoms with Crippen LogP contribution < -0.4 is 0 Å². The molecule has 0 saturated heterocycles. The van der Waals surface area contributed by atoms with E-state index in [0.717, 1.165) is 12.8 Å². The van der Waals surface area contributed by atoms with Crippen molar-refractivity contribution in [3.8, 4) is 22.3 Å². The molecule has 0 nitrogen and oxygen atoms in total. The van der Waals surface area contributed by atoms with Gasteiger partial charge in [-0.15, -0.1) is 0 Å². The second-order valence-electron chi connectivity index (χ2n) is 16.3. The first-order valence-corrected chi connectivity index (χ1v) is 26.3. The summed E-state index contributed by atoms with van der Waals surface area (Å²) in [4.78, 5) is 0. The van der Waals surface area contributed by atoms with Gasteiger partial charge in [-0.05, 0) is 0 Å². The minimum atomic E-state index is -0.725. The SMILES string of the molecule is CCCC1=Cc2c(-c3cccc4ccccc34)cccc2C1c1c(C(C)(C)C)ccc2c1[CH]([Zr][SiH](C)C)c1cc(C(C)(C)C)ccc1-2. The topological polar surface area (TPSA) is 0 Å². The molecule has 0 amide bonds. The first kappa shape index (κ1) is 32.7. The van der Waals surface area contributed by atoms with E-state index in [1.165, 1.54) is 49.7 Å². The fourth-order valence-electron chi connectivity index (χ4n) is 8.33. The molecule has 0 radical (unpaired) electrons. The van der Waals surface area contributed by atoms with Gasteiger partial charge in [0.1, 0.15) is 0 Å². The van der Waals surface area contributed by atoms with E-state index in [9.17, 15) is 0 Å². The Bertz CT molecular complexity index is 2030. The van der Waals surface area contributed by atoms with Crippen LogP contribution in [-0.2, 0) is 33.2 Å². The van der Waals surface area contributed by atoms with Crippen LogP contribution in [0, 0.1) is 0 Å². The van der Waals surface area contributed by atoms with Gasteiger partial charge in [-0.3, -0.25) is 0 Å². The summed E-state index contributed by atoms with van der Waals surface area (Å²) in [5, 5.41) is 2.65. The van der Waals surface area contributed by atoms with Crippen LogP contribution in [0.1, 0.15) is 110 Å². The van der Waals surface area contributed by atoms with Crippen molar-refractivity contribution in [1.29, 1.82) is 0 Å². The average molecular weight is 710 g/mol. The fraction of sp³-hybridized carbons (Fsp3) is 0.333. The van der Waals surface area contributed by atoms with Gasteiger partial charge < -0.3 is 0 Å². The van der Waals surface area contributed by atoms with Crippen molar-refractivity contribution in [3.63, 3.8) is 0 Å². The van der Waals surface area contributed by atoms with Crippen LogP contribution in [0.4, 0.5) is 0 Å².